The average molecular weight is 315 g/mol. The van der Waals surface area contributed by atoms with Crippen LogP contribution < -0.4 is 4.90 Å². The van der Waals surface area contributed by atoms with Crippen LogP contribution in [0.4, 0.5) is 16.2 Å². The van der Waals surface area contributed by atoms with Crippen molar-refractivity contribution in [3.63, 3.8) is 0 Å². The minimum atomic E-state index is -0.617. The van der Waals surface area contributed by atoms with Gasteiger partial charge < -0.3 is 4.74 Å². The zero-order chi connectivity index (χ0) is 16.2. The number of carbonyl (C=O) groups excluding carboxylic acids is 1. The van der Waals surface area contributed by atoms with Crippen molar-refractivity contribution in [1.29, 1.82) is 0 Å². The lowest BCUT2D eigenvalue weighted by molar-refractivity contribution is -0.384. The van der Waals surface area contributed by atoms with E-state index in [0.717, 1.165) is 0 Å². The second kappa shape index (κ2) is 6.76. The normalized spacial score (nSPS) is 11.1. The van der Waals surface area contributed by atoms with Gasteiger partial charge >= 0.3 is 6.09 Å². The highest BCUT2D eigenvalue weighted by atomic mass is 35.5. The summed E-state index contributed by atoms with van der Waals surface area (Å²) in [6.07, 6.45) is 0.211. The number of carbonyl (C=O) groups is 1. The van der Waals surface area contributed by atoms with Crippen LogP contribution in [0.1, 0.15) is 34.1 Å². The van der Waals surface area contributed by atoms with Crippen molar-refractivity contribution < 1.29 is 14.5 Å². The molecule has 0 N–H and O–H groups in total. The third-order valence-corrected chi connectivity index (χ3v) is 2.80. The molecule has 0 aliphatic heterocycles. The van der Waals surface area contributed by atoms with Crippen molar-refractivity contribution in [3.05, 3.63) is 33.3 Å². The molecule has 6 nitrogen and oxygen atoms in total. The maximum atomic E-state index is 12.2. The van der Waals surface area contributed by atoms with Crippen molar-refractivity contribution >= 4 is 29.1 Å². The highest BCUT2D eigenvalue weighted by Crippen LogP contribution is 2.30. The van der Waals surface area contributed by atoms with Gasteiger partial charge in [0.05, 0.1) is 4.92 Å². The minimum absolute atomic E-state index is 0.0119. The molecule has 1 amide bonds. The van der Waals surface area contributed by atoms with Gasteiger partial charge in [-0.1, -0.05) is 18.5 Å². The fraction of sp³-hybridized carbons (Fsp3) is 0.500. The van der Waals surface area contributed by atoms with Crippen LogP contribution in [0.2, 0.25) is 5.02 Å². The van der Waals surface area contributed by atoms with E-state index in [1.165, 1.54) is 23.1 Å². The lowest BCUT2D eigenvalue weighted by Gasteiger charge is -2.27. The van der Waals surface area contributed by atoms with Crippen LogP contribution >= 0.6 is 11.6 Å². The Bertz CT molecular complexity index is 540. The summed E-state index contributed by atoms with van der Waals surface area (Å²) in [7, 11) is 0. The second-order valence-electron chi connectivity index (χ2n) is 5.52. The van der Waals surface area contributed by atoms with Crippen LogP contribution in [-0.2, 0) is 4.74 Å². The molecule has 1 rings (SSSR count). The molecule has 0 atom stereocenters. The van der Waals surface area contributed by atoms with E-state index < -0.39 is 16.6 Å². The largest absolute Gasteiger partial charge is 0.443 e. The van der Waals surface area contributed by atoms with Gasteiger partial charge in [0.2, 0.25) is 0 Å². The molecule has 0 spiro atoms. The van der Waals surface area contributed by atoms with E-state index in [1.807, 2.05) is 6.92 Å². The van der Waals surface area contributed by atoms with Gasteiger partial charge in [0.1, 0.15) is 10.6 Å². The SMILES string of the molecule is CCCN(C(=O)OC(C)(C)C)c1ccc([N+](=O)[O-])c(Cl)c1. The van der Waals surface area contributed by atoms with Gasteiger partial charge in [-0.15, -0.1) is 0 Å². The molecule has 0 heterocycles. The summed E-state index contributed by atoms with van der Waals surface area (Å²) in [5.41, 5.74) is -0.337. The van der Waals surface area contributed by atoms with Gasteiger partial charge in [-0.25, -0.2) is 4.79 Å². The molecule has 0 aromatic heterocycles. The Labute approximate surface area is 128 Å². The zero-order valence-corrected chi connectivity index (χ0v) is 13.3. The molecule has 0 unspecified atom stereocenters. The molecular weight excluding hydrogens is 296 g/mol. The lowest BCUT2D eigenvalue weighted by Crippen LogP contribution is -2.37. The van der Waals surface area contributed by atoms with Gasteiger partial charge in [0.15, 0.2) is 0 Å². The van der Waals surface area contributed by atoms with Gasteiger partial charge in [0.25, 0.3) is 5.69 Å². The van der Waals surface area contributed by atoms with Gasteiger partial charge in [-0.05, 0) is 39.3 Å². The predicted octanol–water partition coefficient (Wildman–Crippen LogP) is 4.40. The van der Waals surface area contributed by atoms with E-state index in [4.69, 9.17) is 16.3 Å². The van der Waals surface area contributed by atoms with Crippen LogP contribution in [0, 0.1) is 10.1 Å². The van der Waals surface area contributed by atoms with Gasteiger partial charge in [-0.3, -0.25) is 15.0 Å². The number of benzene rings is 1. The maximum Gasteiger partial charge on any atom is 0.414 e. The average Bonchev–Trinajstić information content (AvgIpc) is 2.33. The van der Waals surface area contributed by atoms with E-state index in [1.54, 1.807) is 20.8 Å². The minimum Gasteiger partial charge on any atom is -0.443 e. The number of halogens is 1. The molecule has 0 fully saturated rings. The number of rotatable bonds is 4. The van der Waals surface area contributed by atoms with E-state index in [2.05, 4.69) is 0 Å². The van der Waals surface area contributed by atoms with Crippen molar-refractivity contribution in [2.75, 3.05) is 11.4 Å². The van der Waals surface area contributed by atoms with Crippen LogP contribution in [0.5, 0.6) is 0 Å². The molecule has 0 bridgehead atoms. The van der Waals surface area contributed by atoms with Gasteiger partial charge in [-0.2, -0.15) is 0 Å². The van der Waals surface area contributed by atoms with E-state index in [-0.39, 0.29) is 10.7 Å². The summed E-state index contributed by atoms with van der Waals surface area (Å²) in [6.45, 7) is 7.68. The Morgan fingerprint density at radius 2 is 2.05 bits per heavy atom. The smallest absolute Gasteiger partial charge is 0.414 e. The standard InChI is InChI=1S/C14H19ClN2O4/c1-5-8-16(13(18)21-14(2,3)4)10-6-7-12(17(19)20)11(15)9-10/h6-7,9H,5,8H2,1-4H3. The van der Waals surface area contributed by atoms with Crippen molar-refractivity contribution in [3.8, 4) is 0 Å². The first-order valence-corrected chi connectivity index (χ1v) is 6.98. The van der Waals surface area contributed by atoms with E-state index in [9.17, 15) is 14.9 Å². The molecule has 1 aromatic carbocycles. The zero-order valence-electron chi connectivity index (χ0n) is 12.6. The van der Waals surface area contributed by atoms with Crippen LogP contribution in [0.3, 0.4) is 0 Å². The molecule has 0 aliphatic rings. The van der Waals surface area contributed by atoms with Crippen molar-refractivity contribution in [2.24, 2.45) is 0 Å². The third-order valence-electron chi connectivity index (χ3n) is 2.50. The lowest BCUT2D eigenvalue weighted by atomic mass is 10.2. The van der Waals surface area contributed by atoms with Crippen LogP contribution in [-0.4, -0.2) is 23.2 Å². The monoisotopic (exact) mass is 314 g/mol. The Kier molecular flexibility index (Phi) is 5.54. The molecule has 0 saturated heterocycles. The van der Waals surface area contributed by atoms with E-state index in [0.29, 0.717) is 18.7 Å². The fourth-order valence-electron chi connectivity index (χ4n) is 1.68. The number of nitro groups is 1. The van der Waals surface area contributed by atoms with E-state index >= 15 is 0 Å². The summed E-state index contributed by atoms with van der Waals surface area (Å²) in [5.74, 6) is 0. The molecule has 1 aromatic rings. The molecule has 0 radical (unpaired) electrons. The molecule has 7 heteroatoms. The van der Waals surface area contributed by atoms with Crippen molar-refractivity contribution in [2.45, 2.75) is 39.7 Å². The molecule has 0 aliphatic carbocycles. The summed E-state index contributed by atoms with van der Waals surface area (Å²) >= 11 is 5.89. The first kappa shape index (κ1) is 17.2. The maximum absolute atomic E-state index is 12.2. The Balaban J connectivity index is 3.08. The van der Waals surface area contributed by atoms with Gasteiger partial charge in [0, 0.05) is 18.3 Å². The molecule has 116 valence electrons. The Hall–Kier alpha value is -1.82. The van der Waals surface area contributed by atoms with Crippen LogP contribution in [0.15, 0.2) is 18.2 Å². The Morgan fingerprint density at radius 1 is 1.43 bits per heavy atom. The van der Waals surface area contributed by atoms with Crippen molar-refractivity contribution in [1.82, 2.24) is 0 Å². The second-order valence-corrected chi connectivity index (χ2v) is 5.93. The summed E-state index contributed by atoms with van der Waals surface area (Å²) in [6, 6.07) is 4.17. The summed E-state index contributed by atoms with van der Waals surface area (Å²) < 4.78 is 5.33. The number of anilines is 1. The summed E-state index contributed by atoms with van der Waals surface area (Å²) in [5, 5.41) is 10.8. The highest BCUT2D eigenvalue weighted by molar-refractivity contribution is 6.33. The number of amides is 1. The quantitative estimate of drug-likeness (QED) is 0.610. The summed E-state index contributed by atoms with van der Waals surface area (Å²) in [4.78, 5) is 23.8. The Morgan fingerprint density at radius 3 is 2.48 bits per heavy atom. The predicted molar refractivity (Wildman–Crippen MR) is 82.0 cm³/mol. The first-order valence-electron chi connectivity index (χ1n) is 6.60. The number of hydrogen-bond donors (Lipinski definition) is 0. The molecule has 0 saturated carbocycles. The topological polar surface area (TPSA) is 72.7 Å². The highest BCUT2D eigenvalue weighted by Gasteiger charge is 2.24. The number of nitro benzene ring substituents is 1. The van der Waals surface area contributed by atoms with Crippen LogP contribution in [0.25, 0.3) is 0 Å². The third kappa shape index (κ3) is 4.90. The molecular formula is C14H19ClN2O4. The number of nitrogens with zero attached hydrogens (tertiary/aromatic N) is 2. The first-order chi connectivity index (χ1) is 9.65. The fourth-order valence-corrected chi connectivity index (χ4v) is 1.92. The number of hydrogen-bond acceptors (Lipinski definition) is 4. The molecule has 21 heavy (non-hydrogen) atoms. The number of ether oxygens (including phenoxy) is 1.